The van der Waals surface area contributed by atoms with Gasteiger partial charge in [-0.3, -0.25) is 9.05 Å². The predicted molar refractivity (Wildman–Crippen MR) is 60.2 cm³/mol. The lowest BCUT2D eigenvalue weighted by Crippen LogP contribution is -2.25. The predicted octanol–water partition coefficient (Wildman–Crippen LogP) is 3.00. The molecule has 1 saturated heterocycles. The fraction of sp³-hybridized carbons (Fsp3) is 1.00. The van der Waals surface area contributed by atoms with Crippen LogP contribution >= 0.6 is 7.75 Å². The zero-order valence-electron chi connectivity index (χ0n) is 9.51. The van der Waals surface area contributed by atoms with E-state index < -0.39 is 7.75 Å². The molecule has 0 aromatic carbocycles. The number of rotatable bonds is 2. The van der Waals surface area contributed by atoms with Crippen molar-refractivity contribution in [3.8, 4) is 0 Å². The molecule has 3 rings (SSSR count). The summed E-state index contributed by atoms with van der Waals surface area (Å²) in [7, 11) is -3.10. The molecule has 2 aliphatic carbocycles. The average Bonchev–Trinajstić information content (AvgIpc) is 2.83. The standard InChI is InChI=1S/C11H19NO3P/c13-16(12-9-5-1-2-6-9)14-10-7-3-4-8-11(10)15-16/h9-11H,1-8H2. The SMILES string of the molecule is O=P1([N]C2CCCC2)OC2CCCCC2O1. The van der Waals surface area contributed by atoms with E-state index >= 15 is 0 Å². The minimum atomic E-state index is -3.10. The van der Waals surface area contributed by atoms with Crippen molar-refractivity contribution >= 4 is 7.75 Å². The largest absolute Gasteiger partial charge is 0.423 e. The molecular formula is C11H19NO3P. The quantitative estimate of drug-likeness (QED) is 0.701. The molecular weight excluding hydrogens is 225 g/mol. The Kier molecular flexibility index (Phi) is 3.09. The van der Waals surface area contributed by atoms with Crippen LogP contribution in [0.25, 0.3) is 0 Å². The lowest BCUT2D eigenvalue weighted by molar-refractivity contribution is 0.110. The Morgan fingerprint density at radius 1 is 0.875 bits per heavy atom. The molecule has 1 radical (unpaired) electrons. The van der Waals surface area contributed by atoms with E-state index in [0.717, 1.165) is 38.5 Å². The Morgan fingerprint density at radius 2 is 1.38 bits per heavy atom. The van der Waals surface area contributed by atoms with Crippen LogP contribution in [-0.2, 0) is 13.6 Å². The van der Waals surface area contributed by atoms with Crippen molar-refractivity contribution in [3.05, 3.63) is 0 Å². The van der Waals surface area contributed by atoms with Crippen LogP contribution < -0.4 is 5.09 Å². The Hall–Kier alpha value is 0.110. The van der Waals surface area contributed by atoms with Crippen LogP contribution in [0.15, 0.2) is 0 Å². The summed E-state index contributed by atoms with van der Waals surface area (Å²) in [5, 5.41) is 4.34. The van der Waals surface area contributed by atoms with Crippen molar-refractivity contribution in [3.63, 3.8) is 0 Å². The van der Waals surface area contributed by atoms with Crippen molar-refractivity contribution in [1.82, 2.24) is 5.09 Å². The Balaban J connectivity index is 1.63. The van der Waals surface area contributed by atoms with E-state index in [1.165, 1.54) is 12.8 Å². The summed E-state index contributed by atoms with van der Waals surface area (Å²) < 4.78 is 23.5. The molecule has 2 atom stereocenters. The second kappa shape index (κ2) is 4.41. The molecule has 16 heavy (non-hydrogen) atoms. The molecule has 0 bridgehead atoms. The van der Waals surface area contributed by atoms with Crippen LogP contribution in [0.2, 0.25) is 0 Å². The first kappa shape index (κ1) is 11.2. The minimum absolute atomic E-state index is 0.0461. The molecule has 5 heteroatoms. The molecule has 0 aromatic heterocycles. The molecule has 3 aliphatic rings. The Morgan fingerprint density at radius 3 is 1.94 bits per heavy atom. The molecule has 0 spiro atoms. The molecule has 1 heterocycles. The van der Waals surface area contributed by atoms with E-state index in [4.69, 9.17) is 9.05 Å². The highest BCUT2D eigenvalue weighted by molar-refractivity contribution is 7.51. The third kappa shape index (κ3) is 2.21. The molecule has 0 aromatic rings. The topological polar surface area (TPSA) is 49.6 Å². The van der Waals surface area contributed by atoms with Crippen molar-refractivity contribution in [2.75, 3.05) is 0 Å². The molecule has 3 fully saturated rings. The summed E-state index contributed by atoms with van der Waals surface area (Å²) in [6, 6.07) is 0.214. The third-order valence-corrected chi connectivity index (χ3v) is 5.49. The van der Waals surface area contributed by atoms with Crippen LogP contribution in [-0.4, -0.2) is 18.2 Å². The van der Waals surface area contributed by atoms with Crippen molar-refractivity contribution in [1.29, 1.82) is 0 Å². The normalized spacial score (nSPS) is 44.8. The van der Waals surface area contributed by atoms with Crippen LogP contribution in [0.3, 0.4) is 0 Å². The number of nitrogens with zero attached hydrogens (tertiary/aromatic N) is 1. The summed E-state index contributed by atoms with van der Waals surface area (Å²) in [5.74, 6) is 0. The van der Waals surface area contributed by atoms with Gasteiger partial charge in [-0.25, -0.2) is 4.57 Å². The van der Waals surface area contributed by atoms with Gasteiger partial charge in [-0.15, -0.1) is 5.09 Å². The van der Waals surface area contributed by atoms with Gasteiger partial charge in [0.1, 0.15) is 0 Å². The van der Waals surface area contributed by atoms with Gasteiger partial charge in [0.05, 0.1) is 12.2 Å². The van der Waals surface area contributed by atoms with E-state index in [9.17, 15) is 4.57 Å². The second-order valence-electron chi connectivity index (χ2n) is 5.09. The first-order chi connectivity index (χ1) is 7.75. The van der Waals surface area contributed by atoms with Gasteiger partial charge in [0.15, 0.2) is 0 Å². The fourth-order valence-electron chi connectivity index (χ4n) is 2.95. The van der Waals surface area contributed by atoms with Crippen LogP contribution in [0.5, 0.6) is 0 Å². The van der Waals surface area contributed by atoms with Gasteiger partial charge in [0.25, 0.3) is 0 Å². The molecule has 0 amide bonds. The van der Waals surface area contributed by atoms with Crippen molar-refractivity contribution in [2.45, 2.75) is 69.6 Å². The maximum Gasteiger partial charge on any atom is 0.423 e. The molecule has 2 unspecified atom stereocenters. The molecule has 4 nitrogen and oxygen atoms in total. The highest BCUT2D eigenvalue weighted by Gasteiger charge is 2.47. The van der Waals surface area contributed by atoms with Gasteiger partial charge in [0.2, 0.25) is 0 Å². The van der Waals surface area contributed by atoms with Crippen molar-refractivity contribution in [2.24, 2.45) is 0 Å². The van der Waals surface area contributed by atoms with E-state index in [0.29, 0.717) is 0 Å². The lowest BCUT2D eigenvalue weighted by Gasteiger charge is -2.20. The second-order valence-corrected chi connectivity index (χ2v) is 6.68. The van der Waals surface area contributed by atoms with Gasteiger partial charge in [-0.2, -0.15) is 0 Å². The van der Waals surface area contributed by atoms with Gasteiger partial charge in [-0.1, -0.05) is 25.7 Å². The van der Waals surface area contributed by atoms with Crippen LogP contribution in [0, 0.1) is 0 Å². The molecule has 1 aliphatic heterocycles. The summed E-state index contributed by atoms with van der Waals surface area (Å²) in [4.78, 5) is 0. The maximum absolute atomic E-state index is 12.3. The van der Waals surface area contributed by atoms with E-state index in [1.807, 2.05) is 0 Å². The zero-order chi connectivity index (χ0) is 11.0. The molecule has 91 valence electrons. The van der Waals surface area contributed by atoms with E-state index in [-0.39, 0.29) is 18.2 Å². The Bertz CT molecular complexity index is 286. The van der Waals surface area contributed by atoms with Crippen molar-refractivity contribution < 1.29 is 13.6 Å². The summed E-state index contributed by atoms with van der Waals surface area (Å²) in [5.41, 5.74) is 0. The summed E-state index contributed by atoms with van der Waals surface area (Å²) >= 11 is 0. The molecule has 0 N–H and O–H groups in total. The van der Waals surface area contributed by atoms with E-state index in [1.54, 1.807) is 0 Å². The monoisotopic (exact) mass is 244 g/mol. The first-order valence-corrected chi connectivity index (χ1v) is 7.94. The zero-order valence-corrected chi connectivity index (χ0v) is 10.4. The van der Waals surface area contributed by atoms with Crippen LogP contribution in [0.4, 0.5) is 0 Å². The molecule has 2 saturated carbocycles. The average molecular weight is 244 g/mol. The fourth-order valence-corrected chi connectivity index (χ4v) is 4.90. The summed E-state index contributed by atoms with van der Waals surface area (Å²) in [6.07, 6.45) is 8.86. The van der Waals surface area contributed by atoms with Gasteiger partial charge >= 0.3 is 7.75 Å². The number of fused-ring (bicyclic) bond motifs is 1. The summed E-state index contributed by atoms with van der Waals surface area (Å²) in [6.45, 7) is 0. The third-order valence-electron chi connectivity index (χ3n) is 3.81. The number of hydrogen-bond donors (Lipinski definition) is 0. The minimum Gasteiger partial charge on any atom is -0.290 e. The Labute approximate surface area is 96.7 Å². The highest BCUT2D eigenvalue weighted by atomic mass is 31.2. The van der Waals surface area contributed by atoms with E-state index in [2.05, 4.69) is 5.09 Å². The first-order valence-electron chi connectivity index (χ1n) is 6.44. The lowest BCUT2D eigenvalue weighted by atomic mass is 9.95. The smallest absolute Gasteiger partial charge is 0.290 e. The number of hydrogen-bond acceptors (Lipinski definition) is 3. The van der Waals surface area contributed by atoms with Gasteiger partial charge < -0.3 is 0 Å². The van der Waals surface area contributed by atoms with Gasteiger partial charge in [-0.05, 0) is 25.7 Å². The highest BCUT2D eigenvalue weighted by Crippen LogP contribution is 2.58. The maximum atomic E-state index is 12.3. The van der Waals surface area contributed by atoms with Gasteiger partial charge in [0, 0.05) is 6.04 Å². The van der Waals surface area contributed by atoms with Crippen LogP contribution in [0.1, 0.15) is 51.4 Å².